The summed E-state index contributed by atoms with van der Waals surface area (Å²) in [7, 11) is 0. The first-order valence-corrected chi connectivity index (χ1v) is 8.96. The number of fused-ring (bicyclic) bond motifs is 1. The summed E-state index contributed by atoms with van der Waals surface area (Å²) in [6.07, 6.45) is 0. The van der Waals surface area contributed by atoms with Gasteiger partial charge in [0.25, 0.3) is 0 Å². The van der Waals surface area contributed by atoms with E-state index in [0.29, 0.717) is 12.2 Å². The second-order valence-corrected chi connectivity index (χ2v) is 6.32. The van der Waals surface area contributed by atoms with Crippen LogP contribution in [-0.4, -0.2) is 48.7 Å². The van der Waals surface area contributed by atoms with Gasteiger partial charge in [0.15, 0.2) is 0 Å². The third-order valence-corrected chi connectivity index (χ3v) is 4.68. The number of nitrogens with zero attached hydrogens (tertiary/aromatic N) is 3. The van der Waals surface area contributed by atoms with Gasteiger partial charge in [-0.3, -0.25) is 0 Å². The van der Waals surface area contributed by atoms with E-state index in [-0.39, 0.29) is 5.97 Å². The largest absolute Gasteiger partial charge is 0.462 e. The highest BCUT2D eigenvalue weighted by Gasteiger charge is 2.20. The molecule has 3 aromatic rings. The molecule has 1 N–H and O–H groups in total. The van der Waals surface area contributed by atoms with Crippen molar-refractivity contribution in [1.29, 1.82) is 0 Å². The van der Waals surface area contributed by atoms with Crippen molar-refractivity contribution in [2.24, 2.45) is 0 Å². The fraction of sp³-hybridized carbons (Fsp3) is 0.300. The summed E-state index contributed by atoms with van der Waals surface area (Å²) in [6, 6.07) is 15.9. The first-order chi connectivity index (χ1) is 12.7. The van der Waals surface area contributed by atoms with Crippen LogP contribution in [0.25, 0.3) is 11.0 Å². The number of carbonyl (C=O) groups excluding carboxylic acids is 1. The molecule has 0 unspecified atom stereocenters. The number of para-hydroxylation sites is 1. The van der Waals surface area contributed by atoms with Crippen molar-refractivity contribution in [2.75, 3.05) is 42.6 Å². The highest BCUT2D eigenvalue weighted by molar-refractivity contribution is 5.94. The Kier molecular flexibility index (Phi) is 4.48. The molecule has 1 fully saturated rings. The Morgan fingerprint density at radius 2 is 1.81 bits per heavy atom. The number of carbonyl (C=O) groups is 1. The summed E-state index contributed by atoms with van der Waals surface area (Å²) in [6.45, 7) is 5.89. The average Bonchev–Trinajstić information content (AvgIpc) is 3.12. The van der Waals surface area contributed by atoms with Gasteiger partial charge in [-0.2, -0.15) is 0 Å². The molecule has 26 heavy (non-hydrogen) atoms. The standard InChI is InChI=1S/C20H22N4O2/c1-2-26-19(25)15-8-9-17-18(14-15)22-20(21-17)24-12-10-23(11-13-24)16-6-4-3-5-7-16/h3-9,14H,2,10-13H2,1H3,(H,21,22). The molecular formula is C20H22N4O2. The lowest BCUT2D eigenvalue weighted by atomic mass is 10.2. The number of anilines is 2. The second-order valence-electron chi connectivity index (χ2n) is 6.32. The van der Waals surface area contributed by atoms with E-state index in [2.05, 4.69) is 44.0 Å². The monoisotopic (exact) mass is 350 g/mol. The van der Waals surface area contributed by atoms with E-state index in [9.17, 15) is 4.79 Å². The number of H-pyrrole nitrogens is 1. The molecule has 0 spiro atoms. The Balaban J connectivity index is 1.48. The molecule has 0 radical (unpaired) electrons. The maximum atomic E-state index is 11.9. The normalized spacial score (nSPS) is 14.7. The molecule has 0 saturated carbocycles. The maximum Gasteiger partial charge on any atom is 0.338 e. The summed E-state index contributed by atoms with van der Waals surface area (Å²) in [5.41, 5.74) is 3.52. The molecule has 1 aliphatic rings. The van der Waals surface area contributed by atoms with E-state index in [0.717, 1.165) is 43.2 Å². The Labute approximate surface area is 152 Å². The van der Waals surface area contributed by atoms with Crippen LogP contribution in [0.4, 0.5) is 11.6 Å². The minimum absolute atomic E-state index is 0.304. The number of ether oxygens (including phenoxy) is 1. The maximum absolute atomic E-state index is 11.9. The van der Waals surface area contributed by atoms with E-state index in [4.69, 9.17) is 4.74 Å². The number of aromatic nitrogens is 2. The van der Waals surface area contributed by atoms with Crippen LogP contribution in [0.3, 0.4) is 0 Å². The van der Waals surface area contributed by atoms with Crippen LogP contribution in [0.5, 0.6) is 0 Å². The molecule has 1 saturated heterocycles. The van der Waals surface area contributed by atoms with Gasteiger partial charge in [-0.05, 0) is 37.3 Å². The molecule has 6 nitrogen and oxygen atoms in total. The van der Waals surface area contributed by atoms with Crippen LogP contribution in [0.1, 0.15) is 17.3 Å². The molecule has 1 aliphatic heterocycles. The zero-order valence-corrected chi connectivity index (χ0v) is 14.8. The molecule has 0 aliphatic carbocycles. The third kappa shape index (κ3) is 3.22. The first-order valence-electron chi connectivity index (χ1n) is 8.96. The van der Waals surface area contributed by atoms with Crippen LogP contribution in [0, 0.1) is 0 Å². The molecule has 2 heterocycles. The Morgan fingerprint density at radius 3 is 2.54 bits per heavy atom. The highest BCUT2D eigenvalue weighted by Crippen LogP contribution is 2.22. The van der Waals surface area contributed by atoms with Gasteiger partial charge < -0.3 is 19.5 Å². The summed E-state index contributed by atoms with van der Waals surface area (Å²) >= 11 is 0. The van der Waals surface area contributed by atoms with Crippen molar-refractivity contribution < 1.29 is 9.53 Å². The van der Waals surface area contributed by atoms with Crippen molar-refractivity contribution >= 4 is 28.6 Å². The summed E-state index contributed by atoms with van der Waals surface area (Å²) < 4.78 is 5.06. The zero-order valence-electron chi connectivity index (χ0n) is 14.8. The Morgan fingerprint density at radius 1 is 1.08 bits per heavy atom. The SMILES string of the molecule is CCOC(=O)c1ccc2nc(N3CCN(c4ccccc4)CC3)[nH]c2c1. The molecule has 0 bridgehead atoms. The minimum Gasteiger partial charge on any atom is -0.462 e. The number of hydrogen-bond acceptors (Lipinski definition) is 5. The number of nitrogens with one attached hydrogen (secondary N) is 1. The molecule has 1 aromatic heterocycles. The molecule has 6 heteroatoms. The van der Waals surface area contributed by atoms with Gasteiger partial charge in [-0.1, -0.05) is 18.2 Å². The van der Waals surface area contributed by atoms with Gasteiger partial charge >= 0.3 is 5.97 Å². The number of rotatable bonds is 4. The lowest BCUT2D eigenvalue weighted by Crippen LogP contribution is -2.46. The molecule has 2 aromatic carbocycles. The summed E-state index contributed by atoms with van der Waals surface area (Å²) in [5, 5.41) is 0. The van der Waals surface area contributed by atoms with Gasteiger partial charge in [0, 0.05) is 31.9 Å². The van der Waals surface area contributed by atoms with Crippen LogP contribution >= 0.6 is 0 Å². The van der Waals surface area contributed by atoms with Crippen molar-refractivity contribution in [2.45, 2.75) is 6.92 Å². The number of aromatic amines is 1. The Bertz CT molecular complexity index is 899. The van der Waals surface area contributed by atoms with Crippen LogP contribution in [-0.2, 0) is 4.74 Å². The quantitative estimate of drug-likeness (QED) is 0.733. The number of imidazole rings is 1. The van der Waals surface area contributed by atoms with Gasteiger partial charge in [-0.15, -0.1) is 0 Å². The van der Waals surface area contributed by atoms with E-state index >= 15 is 0 Å². The lowest BCUT2D eigenvalue weighted by Gasteiger charge is -2.35. The highest BCUT2D eigenvalue weighted by atomic mass is 16.5. The van der Waals surface area contributed by atoms with E-state index in [1.807, 2.05) is 18.2 Å². The van der Waals surface area contributed by atoms with E-state index in [1.54, 1.807) is 13.0 Å². The minimum atomic E-state index is -0.304. The molecule has 134 valence electrons. The van der Waals surface area contributed by atoms with E-state index in [1.165, 1.54) is 5.69 Å². The molecule has 4 rings (SSSR count). The smallest absolute Gasteiger partial charge is 0.338 e. The molecular weight excluding hydrogens is 328 g/mol. The predicted octanol–water partition coefficient (Wildman–Crippen LogP) is 3.07. The predicted molar refractivity (Wildman–Crippen MR) is 103 cm³/mol. The van der Waals surface area contributed by atoms with Crippen LogP contribution in [0.15, 0.2) is 48.5 Å². The van der Waals surface area contributed by atoms with Gasteiger partial charge in [-0.25, -0.2) is 9.78 Å². The third-order valence-electron chi connectivity index (χ3n) is 4.68. The first kappa shape index (κ1) is 16.4. The summed E-state index contributed by atoms with van der Waals surface area (Å²) in [5.74, 6) is 0.552. The number of hydrogen-bond donors (Lipinski definition) is 1. The Hall–Kier alpha value is -3.02. The number of esters is 1. The van der Waals surface area contributed by atoms with Crippen molar-refractivity contribution in [3.63, 3.8) is 0 Å². The molecule has 0 amide bonds. The zero-order chi connectivity index (χ0) is 17.9. The van der Waals surface area contributed by atoms with Gasteiger partial charge in [0.2, 0.25) is 5.95 Å². The topological polar surface area (TPSA) is 61.5 Å². The number of benzene rings is 2. The van der Waals surface area contributed by atoms with Gasteiger partial charge in [0.1, 0.15) is 0 Å². The van der Waals surface area contributed by atoms with Gasteiger partial charge in [0.05, 0.1) is 23.2 Å². The van der Waals surface area contributed by atoms with Crippen LogP contribution < -0.4 is 9.80 Å². The fourth-order valence-electron chi connectivity index (χ4n) is 3.30. The second kappa shape index (κ2) is 7.07. The van der Waals surface area contributed by atoms with Crippen molar-refractivity contribution in [3.8, 4) is 0 Å². The van der Waals surface area contributed by atoms with Crippen molar-refractivity contribution in [1.82, 2.24) is 9.97 Å². The van der Waals surface area contributed by atoms with Crippen molar-refractivity contribution in [3.05, 3.63) is 54.1 Å². The summed E-state index contributed by atoms with van der Waals surface area (Å²) in [4.78, 5) is 24.6. The fourth-order valence-corrected chi connectivity index (χ4v) is 3.30. The number of piperazine rings is 1. The lowest BCUT2D eigenvalue weighted by molar-refractivity contribution is 0.0526. The average molecular weight is 350 g/mol. The van der Waals surface area contributed by atoms with E-state index < -0.39 is 0 Å². The molecule has 0 atom stereocenters. The van der Waals surface area contributed by atoms with Crippen LogP contribution in [0.2, 0.25) is 0 Å².